The van der Waals surface area contributed by atoms with Gasteiger partial charge in [0.25, 0.3) is 0 Å². The van der Waals surface area contributed by atoms with Gasteiger partial charge in [-0.3, -0.25) is 0 Å². The molecule has 0 atom stereocenters. The molecular weight excluding hydrogens is 369 g/mol. The predicted molar refractivity (Wildman–Crippen MR) is 91.9 cm³/mol. The van der Waals surface area contributed by atoms with Gasteiger partial charge in [-0.05, 0) is 30.3 Å². The average Bonchev–Trinajstić information content (AvgIpc) is 3.01. The Labute approximate surface area is 151 Å². The topological polar surface area (TPSA) is 130 Å². The normalized spacial score (nSPS) is 10.6. The van der Waals surface area contributed by atoms with E-state index in [9.17, 15) is 4.79 Å². The Bertz CT molecular complexity index is 924. The maximum atomic E-state index is 12.1. The zero-order valence-corrected chi connectivity index (χ0v) is 14.1. The molecule has 0 radical (unpaired) electrons. The number of benzene rings is 1. The van der Waals surface area contributed by atoms with Crippen LogP contribution >= 0.6 is 23.2 Å². The van der Waals surface area contributed by atoms with Crippen molar-refractivity contribution < 1.29 is 13.9 Å². The lowest BCUT2D eigenvalue weighted by atomic mass is 10.2. The molecule has 3 aromatic rings. The van der Waals surface area contributed by atoms with Gasteiger partial charge in [0.2, 0.25) is 17.7 Å². The van der Waals surface area contributed by atoms with Gasteiger partial charge in [0, 0.05) is 10.6 Å². The van der Waals surface area contributed by atoms with E-state index >= 15 is 0 Å². The van der Waals surface area contributed by atoms with E-state index in [0.29, 0.717) is 21.4 Å². The number of nitrogen functional groups attached to an aromatic ring is 2. The number of rotatable bonds is 4. The van der Waals surface area contributed by atoms with Crippen LogP contribution < -0.4 is 11.5 Å². The molecule has 4 N–H and O–H groups in total. The van der Waals surface area contributed by atoms with E-state index in [1.54, 1.807) is 24.3 Å². The number of esters is 1. The van der Waals surface area contributed by atoms with Crippen LogP contribution in [0.4, 0.5) is 11.9 Å². The second kappa shape index (κ2) is 6.96. The van der Waals surface area contributed by atoms with E-state index in [1.807, 2.05) is 0 Å². The molecule has 0 aliphatic carbocycles. The highest BCUT2D eigenvalue weighted by atomic mass is 35.5. The van der Waals surface area contributed by atoms with Crippen molar-refractivity contribution in [2.75, 3.05) is 11.5 Å². The zero-order valence-electron chi connectivity index (χ0n) is 12.6. The summed E-state index contributed by atoms with van der Waals surface area (Å²) in [5.41, 5.74) is 11.5. The van der Waals surface area contributed by atoms with Gasteiger partial charge in [-0.25, -0.2) is 4.79 Å². The van der Waals surface area contributed by atoms with Crippen molar-refractivity contribution in [3.8, 4) is 11.3 Å². The van der Waals surface area contributed by atoms with Crippen molar-refractivity contribution in [3.05, 3.63) is 52.0 Å². The van der Waals surface area contributed by atoms with Crippen molar-refractivity contribution in [3.63, 3.8) is 0 Å². The standard InChI is InChI=1S/C15H11Cl2N5O3/c16-7-1-2-8(9(17)5-7)10-3-4-11(25-10)13(23)24-6-12-20-14(18)22-15(19)21-12/h1-5H,6H2,(H4,18,19,20,21,22). The highest BCUT2D eigenvalue weighted by Crippen LogP contribution is 2.31. The Morgan fingerprint density at radius 1 is 1.08 bits per heavy atom. The van der Waals surface area contributed by atoms with Crippen LogP contribution in [-0.4, -0.2) is 20.9 Å². The summed E-state index contributed by atoms with van der Waals surface area (Å²) in [6.45, 7) is -0.229. The van der Waals surface area contributed by atoms with Crippen LogP contribution in [0.1, 0.15) is 16.4 Å². The van der Waals surface area contributed by atoms with Crippen LogP contribution in [-0.2, 0) is 11.3 Å². The van der Waals surface area contributed by atoms with Crippen LogP contribution in [0.15, 0.2) is 34.7 Å². The molecule has 0 saturated carbocycles. The third-order valence-electron chi connectivity index (χ3n) is 3.05. The monoisotopic (exact) mass is 379 g/mol. The molecule has 8 nitrogen and oxygen atoms in total. The molecule has 3 rings (SSSR count). The molecule has 0 bridgehead atoms. The number of nitrogens with zero attached hydrogens (tertiary/aromatic N) is 3. The van der Waals surface area contributed by atoms with Gasteiger partial charge in [0.15, 0.2) is 12.4 Å². The Balaban J connectivity index is 1.72. The number of nitrogens with two attached hydrogens (primary N) is 2. The molecule has 0 aliphatic heterocycles. The molecule has 0 fully saturated rings. The van der Waals surface area contributed by atoms with E-state index in [1.165, 1.54) is 6.07 Å². The number of carbonyl (C=O) groups is 1. The smallest absolute Gasteiger partial charge is 0.374 e. The summed E-state index contributed by atoms with van der Waals surface area (Å²) < 4.78 is 10.6. The fourth-order valence-corrected chi connectivity index (χ4v) is 2.51. The molecule has 0 aliphatic rings. The number of furan rings is 1. The van der Waals surface area contributed by atoms with E-state index in [2.05, 4.69) is 15.0 Å². The number of carbonyl (C=O) groups excluding carboxylic acids is 1. The van der Waals surface area contributed by atoms with E-state index in [-0.39, 0.29) is 30.1 Å². The molecule has 10 heteroatoms. The first-order chi connectivity index (χ1) is 11.9. The summed E-state index contributed by atoms with van der Waals surface area (Å²) >= 11 is 12.0. The van der Waals surface area contributed by atoms with E-state index < -0.39 is 5.97 Å². The van der Waals surface area contributed by atoms with Gasteiger partial charge in [0.05, 0.1) is 5.02 Å². The summed E-state index contributed by atoms with van der Waals surface area (Å²) in [7, 11) is 0. The molecule has 0 spiro atoms. The highest BCUT2D eigenvalue weighted by molar-refractivity contribution is 6.36. The van der Waals surface area contributed by atoms with Gasteiger partial charge in [-0.2, -0.15) is 15.0 Å². The zero-order chi connectivity index (χ0) is 18.0. The van der Waals surface area contributed by atoms with Crippen molar-refractivity contribution in [2.45, 2.75) is 6.61 Å². The third kappa shape index (κ3) is 3.98. The average molecular weight is 380 g/mol. The Morgan fingerprint density at radius 3 is 2.48 bits per heavy atom. The van der Waals surface area contributed by atoms with Gasteiger partial charge in [-0.1, -0.05) is 23.2 Å². The number of hydrogen-bond donors (Lipinski definition) is 2. The second-order valence-electron chi connectivity index (χ2n) is 4.83. The lowest BCUT2D eigenvalue weighted by molar-refractivity contribution is 0.0426. The molecule has 128 valence electrons. The first kappa shape index (κ1) is 17.0. The van der Waals surface area contributed by atoms with E-state index in [0.717, 1.165) is 0 Å². The Hall–Kier alpha value is -2.84. The molecule has 0 amide bonds. The lowest BCUT2D eigenvalue weighted by Gasteiger charge is -2.04. The maximum absolute atomic E-state index is 12.1. The first-order valence-electron chi connectivity index (χ1n) is 6.90. The Kier molecular flexibility index (Phi) is 4.73. The maximum Gasteiger partial charge on any atom is 0.374 e. The molecule has 1 aromatic carbocycles. The van der Waals surface area contributed by atoms with Gasteiger partial charge >= 0.3 is 5.97 Å². The molecule has 0 saturated heterocycles. The quantitative estimate of drug-likeness (QED) is 0.661. The number of ether oxygens (including phenoxy) is 1. The summed E-state index contributed by atoms with van der Waals surface area (Å²) in [6.07, 6.45) is 0. The SMILES string of the molecule is Nc1nc(N)nc(COC(=O)c2ccc(-c3ccc(Cl)cc3Cl)o2)n1. The largest absolute Gasteiger partial charge is 0.452 e. The van der Waals surface area contributed by atoms with Crippen LogP contribution in [0.3, 0.4) is 0 Å². The van der Waals surface area contributed by atoms with Crippen LogP contribution in [0.5, 0.6) is 0 Å². The van der Waals surface area contributed by atoms with Gasteiger partial charge in [0.1, 0.15) is 5.76 Å². The number of aromatic nitrogens is 3. The van der Waals surface area contributed by atoms with Crippen LogP contribution in [0.2, 0.25) is 10.0 Å². The summed E-state index contributed by atoms with van der Waals surface area (Å²) in [5.74, 6) is -0.287. The summed E-state index contributed by atoms with van der Waals surface area (Å²) in [4.78, 5) is 23.3. The second-order valence-corrected chi connectivity index (χ2v) is 5.68. The van der Waals surface area contributed by atoms with Crippen molar-refractivity contribution in [1.82, 2.24) is 15.0 Å². The predicted octanol–water partition coefficient (Wildman–Crippen LogP) is 2.96. The van der Waals surface area contributed by atoms with Gasteiger partial charge in [-0.15, -0.1) is 0 Å². The van der Waals surface area contributed by atoms with Crippen LogP contribution in [0.25, 0.3) is 11.3 Å². The lowest BCUT2D eigenvalue weighted by Crippen LogP contribution is -2.10. The van der Waals surface area contributed by atoms with Crippen molar-refractivity contribution in [2.24, 2.45) is 0 Å². The molecule has 2 aromatic heterocycles. The van der Waals surface area contributed by atoms with Crippen molar-refractivity contribution >= 4 is 41.1 Å². The van der Waals surface area contributed by atoms with Crippen LogP contribution in [0, 0.1) is 0 Å². The number of hydrogen-bond acceptors (Lipinski definition) is 8. The number of halogens is 2. The molecular formula is C15H11Cl2N5O3. The fourth-order valence-electron chi connectivity index (χ4n) is 2.00. The first-order valence-corrected chi connectivity index (χ1v) is 7.66. The molecule has 25 heavy (non-hydrogen) atoms. The fraction of sp³-hybridized carbons (Fsp3) is 0.0667. The third-order valence-corrected chi connectivity index (χ3v) is 3.60. The summed E-state index contributed by atoms with van der Waals surface area (Å²) in [6, 6.07) is 8.01. The molecule has 2 heterocycles. The minimum atomic E-state index is -0.700. The summed E-state index contributed by atoms with van der Waals surface area (Å²) in [5, 5.41) is 0.897. The van der Waals surface area contributed by atoms with Gasteiger partial charge < -0.3 is 20.6 Å². The minimum Gasteiger partial charge on any atom is -0.452 e. The highest BCUT2D eigenvalue weighted by Gasteiger charge is 2.16. The minimum absolute atomic E-state index is 0.00369. The van der Waals surface area contributed by atoms with Crippen molar-refractivity contribution in [1.29, 1.82) is 0 Å². The van der Waals surface area contributed by atoms with E-state index in [4.69, 9.17) is 43.8 Å². The number of anilines is 2. The Morgan fingerprint density at radius 2 is 1.80 bits per heavy atom. The molecule has 0 unspecified atom stereocenters.